The number of carbonyl (C=O) groups is 2. The number of rotatable bonds is 4. The van der Waals surface area contributed by atoms with E-state index < -0.39 is 12.0 Å². The van der Waals surface area contributed by atoms with Crippen molar-refractivity contribution in [3.63, 3.8) is 0 Å². The van der Waals surface area contributed by atoms with Gasteiger partial charge in [-0.2, -0.15) is 0 Å². The maximum atomic E-state index is 12.1. The lowest BCUT2D eigenvalue weighted by molar-refractivity contribution is 0.0701. The first-order valence-corrected chi connectivity index (χ1v) is 7.35. The van der Waals surface area contributed by atoms with Crippen LogP contribution in [0.3, 0.4) is 0 Å². The Kier molecular flexibility index (Phi) is 4.59. The van der Waals surface area contributed by atoms with Crippen LogP contribution in [0.1, 0.15) is 43.7 Å². The third-order valence-electron chi connectivity index (χ3n) is 2.84. The predicted octanol–water partition coefficient (Wildman–Crippen LogP) is 3.29. The number of benzene rings is 1. The molecule has 0 saturated carbocycles. The van der Waals surface area contributed by atoms with Crippen molar-refractivity contribution in [1.82, 2.24) is 10.3 Å². The molecule has 2 rings (SSSR count). The van der Waals surface area contributed by atoms with Gasteiger partial charge in [-0.05, 0) is 26.0 Å². The van der Waals surface area contributed by atoms with Gasteiger partial charge in [-0.25, -0.2) is 9.78 Å². The summed E-state index contributed by atoms with van der Waals surface area (Å²) in [5, 5.41) is 12.7. The van der Waals surface area contributed by atoms with Gasteiger partial charge in [-0.3, -0.25) is 4.79 Å². The second kappa shape index (κ2) is 6.24. The van der Waals surface area contributed by atoms with Crippen molar-refractivity contribution in [2.45, 2.75) is 19.9 Å². The standard InChI is InChI=1S/C14H13ClN2O3S/c1-7-11(14(19)20)21-13(17-7)8(2)16-12(18)9-5-3-4-6-10(9)15/h3-6,8H,1-2H3,(H,16,18)(H,19,20)/t8-/m0/s1. The summed E-state index contributed by atoms with van der Waals surface area (Å²) >= 11 is 7.03. The molecule has 0 aliphatic heterocycles. The summed E-state index contributed by atoms with van der Waals surface area (Å²) in [5.41, 5.74) is 0.819. The molecule has 110 valence electrons. The van der Waals surface area contributed by atoms with Gasteiger partial charge in [0.25, 0.3) is 5.91 Å². The van der Waals surface area contributed by atoms with E-state index in [1.807, 2.05) is 0 Å². The van der Waals surface area contributed by atoms with Crippen LogP contribution >= 0.6 is 22.9 Å². The van der Waals surface area contributed by atoms with Gasteiger partial charge >= 0.3 is 5.97 Å². The van der Waals surface area contributed by atoms with Crippen LogP contribution in [-0.2, 0) is 0 Å². The minimum absolute atomic E-state index is 0.184. The monoisotopic (exact) mass is 324 g/mol. The lowest BCUT2D eigenvalue weighted by Gasteiger charge is -2.11. The van der Waals surface area contributed by atoms with E-state index in [0.717, 1.165) is 11.3 Å². The molecule has 2 aromatic rings. The first-order valence-electron chi connectivity index (χ1n) is 6.16. The zero-order valence-corrected chi connectivity index (χ0v) is 13.0. The second-order valence-corrected chi connectivity index (χ2v) is 5.88. The Morgan fingerprint density at radius 2 is 2.05 bits per heavy atom. The van der Waals surface area contributed by atoms with Gasteiger partial charge in [-0.1, -0.05) is 23.7 Å². The maximum absolute atomic E-state index is 12.1. The molecule has 2 N–H and O–H groups in total. The van der Waals surface area contributed by atoms with Crippen molar-refractivity contribution in [2.24, 2.45) is 0 Å². The average molecular weight is 325 g/mol. The number of hydrogen-bond acceptors (Lipinski definition) is 4. The van der Waals surface area contributed by atoms with E-state index in [1.165, 1.54) is 0 Å². The fourth-order valence-corrected chi connectivity index (χ4v) is 2.91. The summed E-state index contributed by atoms with van der Waals surface area (Å²) in [6.45, 7) is 3.38. The average Bonchev–Trinajstić information content (AvgIpc) is 2.81. The Bertz CT molecular complexity index is 699. The minimum Gasteiger partial charge on any atom is -0.477 e. The molecule has 0 radical (unpaired) electrons. The maximum Gasteiger partial charge on any atom is 0.347 e. The molecule has 1 aromatic heterocycles. The zero-order valence-electron chi connectivity index (χ0n) is 11.4. The molecular weight excluding hydrogens is 312 g/mol. The van der Waals surface area contributed by atoms with Gasteiger partial charge in [0.15, 0.2) is 0 Å². The van der Waals surface area contributed by atoms with E-state index in [0.29, 0.717) is 21.3 Å². The smallest absolute Gasteiger partial charge is 0.347 e. The van der Waals surface area contributed by atoms with Gasteiger partial charge in [0, 0.05) is 0 Å². The van der Waals surface area contributed by atoms with Crippen LogP contribution < -0.4 is 5.32 Å². The zero-order chi connectivity index (χ0) is 15.6. The van der Waals surface area contributed by atoms with E-state index >= 15 is 0 Å². The van der Waals surface area contributed by atoms with Crippen molar-refractivity contribution in [2.75, 3.05) is 0 Å². The molecular formula is C14H13ClN2O3S. The topological polar surface area (TPSA) is 79.3 Å². The molecule has 0 unspecified atom stereocenters. The number of aromatic carboxylic acids is 1. The summed E-state index contributed by atoms with van der Waals surface area (Å²) in [4.78, 5) is 27.5. The highest BCUT2D eigenvalue weighted by molar-refractivity contribution is 7.13. The number of hydrogen-bond donors (Lipinski definition) is 2. The van der Waals surface area contributed by atoms with Crippen LogP contribution in [-0.4, -0.2) is 22.0 Å². The summed E-state index contributed by atoms with van der Waals surface area (Å²) in [7, 11) is 0. The van der Waals surface area contributed by atoms with Crippen LogP contribution in [0.5, 0.6) is 0 Å². The molecule has 1 aromatic carbocycles. The number of nitrogens with one attached hydrogen (secondary N) is 1. The Balaban J connectivity index is 2.16. The van der Waals surface area contributed by atoms with E-state index in [1.54, 1.807) is 38.1 Å². The number of nitrogens with zero attached hydrogens (tertiary/aromatic N) is 1. The van der Waals surface area contributed by atoms with Crippen LogP contribution in [0.25, 0.3) is 0 Å². The molecule has 1 amide bonds. The molecule has 0 bridgehead atoms. The predicted molar refractivity (Wildman–Crippen MR) is 81.1 cm³/mol. The highest BCUT2D eigenvalue weighted by Crippen LogP contribution is 2.24. The highest BCUT2D eigenvalue weighted by Gasteiger charge is 2.20. The Labute approximate surface area is 130 Å². The Morgan fingerprint density at radius 3 is 2.62 bits per heavy atom. The molecule has 0 saturated heterocycles. The normalized spacial score (nSPS) is 12.0. The lowest BCUT2D eigenvalue weighted by atomic mass is 10.2. The first kappa shape index (κ1) is 15.5. The van der Waals surface area contributed by atoms with Crippen molar-refractivity contribution in [3.8, 4) is 0 Å². The van der Waals surface area contributed by atoms with Crippen LogP contribution in [0, 0.1) is 6.92 Å². The van der Waals surface area contributed by atoms with Gasteiger partial charge in [0.2, 0.25) is 0 Å². The lowest BCUT2D eigenvalue weighted by Crippen LogP contribution is -2.26. The third kappa shape index (κ3) is 3.40. The molecule has 1 heterocycles. The molecule has 1 atom stereocenters. The summed E-state index contributed by atoms with van der Waals surface area (Å²) in [6, 6.07) is 6.33. The number of carbonyl (C=O) groups excluding carboxylic acids is 1. The number of carboxylic acid groups (broad SMARTS) is 1. The molecule has 0 fully saturated rings. The summed E-state index contributed by atoms with van der Waals surface area (Å²) in [6.07, 6.45) is 0. The number of carboxylic acids is 1. The van der Waals surface area contributed by atoms with Crippen molar-refractivity contribution >= 4 is 34.8 Å². The third-order valence-corrected chi connectivity index (χ3v) is 4.50. The summed E-state index contributed by atoms with van der Waals surface area (Å²) < 4.78 is 0. The van der Waals surface area contributed by atoms with Crippen molar-refractivity contribution in [3.05, 3.63) is 50.4 Å². The van der Waals surface area contributed by atoms with Crippen LogP contribution in [0.15, 0.2) is 24.3 Å². The first-order chi connectivity index (χ1) is 9.90. The summed E-state index contributed by atoms with van der Waals surface area (Å²) in [5.74, 6) is -1.33. The van der Waals surface area contributed by atoms with E-state index in [-0.39, 0.29) is 10.8 Å². The van der Waals surface area contributed by atoms with E-state index in [9.17, 15) is 9.59 Å². The van der Waals surface area contributed by atoms with E-state index in [4.69, 9.17) is 16.7 Å². The van der Waals surface area contributed by atoms with Gasteiger partial charge in [-0.15, -0.1) is 11.3 Å². The Morgan fingerprint density at radius 1 is 1.38 bits per heavy atom. The largest absolute Gasteiger partial charge is 0.477 e. The fourth-order valence-electron chi connectivity index (χ4n) is 1.78. The number of halogens is 1. The molecule has 0 spiro atoms. The van der Waals surface area contributed by atoms with Gasteiger partial charge in [0.1, 0.15) is 9.88 Å². The molecule has 5 nitrogen and oxygen atoms in total. The molecule has 0 aliphatic carbocycles. The van der Waals surface area contributed by atoms with Gasteiger partial charge in [0.05, 0.1) is 22.3 Å². The Hall–Kier alpha value is -1.92. The van der Waals surface area contributed by atoms with Gasteiger partial charge < -0.3 is 10.4 Å². The van der Waals surface area contributed by atoms with E-state index in [2.05, 4.69) is 10.3 Å². The highest BCUT2D eigenvalue weighted by atomic mass is 35.5. The molecule has 7 heteroatoms. The van der Waals surface area contributed by atoms with Crippen LogP contribution in [0.4, 0.5) is 0 Å². The fraction of sp³-hybridized carbons (Fsp3) is 0.214. The van der Waals surface area contributed by atoms with Crippen molar-refractivity contribution in [1.29, 1.82) is 0 Å². The minimum atomic E-state index is -1.01. The molecule has 21 heavy (non-hydrogen) atoms. The number of thiazole rings is 1. The van der Waals surface area contributed by atoms with Crippen molar-refractivity contribution < 1.29 is 14.7 Å². The SMILES string of the molecule is Cc1nc([C@H](C)NC(=O)c2ccccc2Cl)sc1C(=O)O. The number of aryl methyl sites for hydroxylation is 1. The quantitative estimate of drug-likeness (QED) is 0.904. The van der Waals surface area contributed by atoms with Crippen LogP contribution in [0.2, 0.25) is 5.02 Å². The number of aromatic nitrogens is 1. The second-order valence-electron chi connectivity index (χ2n) is 4.45. The molecule has 0 aliphatic rings. The number of amides is 1.